The van der Waals surface area contributed by atoms with Crippen LogP contribution in [0.3, 0.4) is 0 Å². The van der Waals surface area contributed by atoms with Crippen molar-refractivity contribution >= 4 is 5.91 Å². The second kappa shape index (κ2) is 5.15. The smallest absolute Gasteiger partial charge is 0.237 e. The predicted molar refractivity (Wildman–Crippen MR) is 62.0 cm³/mol. The van der Waals surface area contributed by atoms with Gasteiger partial charge in [-0.1, -0.05) is 19.8 Å². The zero-order chi connectivity index (χ0) is 11.5. The summed E-state index contributed by atoms with van der Waals surface area (Å²) >= 11 is 0. The van der Waals surface area contributed by atoms with Gasteiger partial charge in [0.1, 0.15) is 0 Å². The fourth-order valence-electron chi connectivity index (χ4n) is 2.78. The highest BCUT2D eigenvalue weighted by atomic mass is 16.3. The van der Waals surface area contributed by atoms with Crippen LogP contribution in [0, 0.1) is 5.92 Å². The van der Waals surface area contributed by atoms with E-state index in [9.17, 15) is 9.90 Å². The van der Waals surface area contributed by atoms with Crippen LogP contribution in [0.2, 0.25) is 0 Å². The molecular weight excluding hydrogens is 204 g/mol. The van der Waals surface area contributed by atoms with Gasteiger partial charge in [0, 0.05) is 12.6 Å². The highest BCUT2D eigenvalue weighted by molar-refractivity contribution is 5.82. The topological polar surface area (TPSA) is 61.4 Å². The average molecular weight is 226 g/mol. The standard InChI is InChI=1S/C12H22N2O2/c1-8-3-2-4-9(5-8)14-12(16)11-6-10(15)7-13-11/h8-11,13,15H,2-7H2,1H3,(H,14,16). The Hall–Kier alpha value is -0.610. The average Bonchev–Trinajstić information content (AvgIpc) is 2.65. The minimum Gasteiger partial charge on any atom is -0.392 e. The Morgan fingerprint density at radius 3 is 2.81 bits per heavy atom. The molecule has 0 radical (unpaired) electrons. The monoisotopic (exact) mass is 226 g/mol. The first kappa shape index (κ1) is 11.9. The zero-order valence-corrected chi connectivity index (χ0v) is 9.91. The summed E-state index contributed by atoms with van der Waals surface area (Å²) in [5.41, 5.74) is 0. The molecule has 1 heterocycles. The number of β-amino-alcohol motifs (C(OH)–C–C–N with tert-alkyl or cyclic N) is 1. The van der Waals surface area contributed by atoms with Gasteiger partial charge in [-0.25, -0.2) is 0 Å². The minimum absolute atomic E-state index is 0.0654. The van der Waals surface area contributed by atoms with Crippen LogP contribution < -0.4 is 10.6 Å². The number of amides is 1. The molecule has 0 aromatic rings. The van der Waals surface area contributed by atoms with Crippen molar-refractivity contribution in [1.82, 2.24) is 10.6 Å². The first-order valence-corrected chi connectivity index (χ1v) is 6.37. The van der Waals surface area contributed by atoms with Gasteiger partial charge >= 0.3 is 0 Å². The van der Waals surface area contributed by atoms with Crippen LogP contribution in [-0.4, -0.2) is 35.7 Å². The number of carbonyl (C=O) groups is 1. The van der Waals surface area contributed by atoms with E-state index in [0.29, 0.717) is 19.0 Å². The molecule has 2 fully saturated rings. The van der Waals surface area contributed by atoms with Gasteiger partial charge in [0.25, 0.3) is 0 Å². The van der Waals surface area contributed by atoms with Gasteiger partial charge in [0.05, 0.1) is 12.1 Å². The lowest BCUT2D eigenvalue weighted by atomic mass is 9.87. The molecule has 4 atom stereocenters. The first-order chi connectivity index (χ1) is 7.65. The number of aliphatic hydroxyl groups excluding tert-OH is 1. The predicted octanol–water partition coefficient (Wildman–Crippen LogP) is 0.404. The van der Waals surface area contributed by atoms with Crippen LogP contribution in [0.1, 0.15) is 39.0 Å². The molecule has 1 aliphatic heterocycles. The van der Waals surface area contributed by atoms with E-state index in [1.807, 2.05) is 0 Å². The third kappa shape index (κ3) is 2.95. The minimum atomic E-state index is -0.360. The van der Waals surface area contributed by atoms with Crippen LogP contribution in [0.5, 0.6) is 0 Å². The van der Waals surface area contributed by atoms with Crippen LogP contribution in [0.4, 0.5) is 0 Å². The molecule has 2 rings (SSSR count). The third-order valence-corrected chi connectivity index (χ3v) is 3.71. The summed E-state index contributed by atoms with van der Waals surface area (Å²) in [6.07, 6.45) is 4.89. The molecule has 4 unspecified atom stereocenters. The van der Waals surface area contributed by atoms with Crippen LogP contribution >= 0.6 is 0 Å². The summed E-state index contributed by atoms with van der Waals surface area (Å²) in [7, 11) is 0. The van der Waals surface area contributed by atoms with E-state index in [-0.39, 0.29) is 18.1 Å². The molecule has 0 aromatic carbocycles. The summed E-state index contributed by atoms with van der Waals surface area (Å²) in [6.45, 7) is 2.79. The van der Waals surface area contributed by atoms with Crippen molar-refractivity contribution in [2.24, 2.45) is 5.92 Å². The van der Waals surface area contributed by atoms with Gasteiger partial charge in [-0.2, -0.15) is 0 Å². The largest absolute Gasteiger partial charge is 0.392 e. The maximum Gasteiger partial charge on any atom is 0.237 e. The van der Waals surface area contributed by atoms with E-state index in [2.05, 4.69) is 17.6 Å². The summed E-state index contributed by atoms with van der Waals surface area (Å²) in [5.74, 6) is 0.789. The molecule has 0 bridgehead atoms. The lowest BCUT2D eigenvalue weighted by Crippen LogP contribution is -2.46. The van der Waals surface area contributed by atoms with Gasteiger partial charge in [0.2, 0.25) is 5.91 Å². The van der Waals surface area contributed by atoms with Crippen molar-refractivity contribution in [3.05, 3.63) is 0 Å². The van der Waals surface area contributed by atoms with Gasteiger partial charge in [0.15, 0.2) is 0 Å². The molecule has 4 heteroatoms. The van der Waals surface area contributed by atoms with Crippen molar-refractivity contribution in [2.75, 3.05) is 6.54 Å². The highest BCUT2D eigenvalue weighted by Gasteiger charge is 2.30. The Morgan fingerprint density at radius 1 is 1.38 bits per heavy atom. The molecular formula is C12H22N2O2. The number of nitrogens with one attached hydrogen (secondary N) is 2. The summed E-state index contributed by atoms with van der Waals surface area (Å²) in [4.78, 5) is 11.9. The molecule has 0 spiro atoms. The first-order valence-electron chi connectivity index (χ1n) is 6.37. The summed E-state index contributed by atoms with van der Waals surface area (Å²) in [6, 6.07) is 0.156. The summed E-state index contributed by atoms with van der Waals surface area (Å²) < 4.78 is 0. The fraction of sp³-hybridized carbons (Fsp3) is 0.917. The maximum absolute atomic E-state index is 11.9. The van der Waals surface area contributed by atoms with Crippen molar-refractivity contribution in [2.45, 2.75) is 57.2 Å². The molecule has 1 aliphatic carbocycles. The molecule has 92 valence electrons. The Morgan fingerprint density at radius 2 is 2.19 bits per heavy atom. The number of hydrogen-bond donors (Lipinski definition) is 3. The van der Waals surface area contributed by atoms with Gasteiger partial charge in [-0.3, -0.25) is 4.79 Å². The van der Waals surface area contributed by atoms with Gasteiger partial charge in [-0.05, 0) is 25.2 Å². The molecule has 1 saturated heterocycles. The molecule has 2 aliphatic rings. The normalized spacial score (nSPS) is 39.6. The zero-order valence-electron chi connectivity index (χ0n) is 9.91. The number of aliphatic hydroxyl groups is 1. The van der Waals surface area contributed by atoms with Gasteiger partial charge in [-0.15, -0.1) is 0 Å². The van der Waals surface area contributed by atoms with Crippen molar-refractivity contribution < 1.29 is 9.90 Å². The quantitative estimate of drug-likeness (QED) is 0.639. The molecule has 0 aromatic heterocycles. The summed E-state index contributed by atoms with van der Waals surface area (Å²) in [5, 5.41) is 15.5. The third-order valence-electron chi connectivity index (χ3n) is 3.71. The van der Waals surface area contributed by atoms with E-state index < -0.39 is 0 Å². The fourth-order valence-corrected chi connectivity index (χ4v) is 2.78. The van der Waals surface area contributed by atoms with Crippen molar-refractivity contribution in [3.63, 3.8) is 0 Å². The van der Waals surface area contributed by atoms with Crippen molar-refractivity contribution in [1.29, 1.82) is 0 Å². The Kier molecular flexibility index (Phi) is 3.82. The molecule has 16 heavy (non-hydrogen) atoms. The lowest BCUT2D eigenvalue weighted by molar-refractivity contribution is -0.123. The maximum atomic E-state index is 11.9. The molecule has 1 amide bonds. The van der Waals surface area contributed by atoms with Crippen LogP contribution in [-0.2, 0) is 4.79 Å². The second-order valence-electron chi connectivity index (χ2n) is 5.33. The van der Waals surface area contributed by atoms with E-state index in [0.717, 1.165) is 18.8 Å². The van der Waals surface area contributed by atoms with E-state index in [1.54, 1.807) is 0 Å². The van der Waals surface area contributed by atoms with Gasteiger partial charge < -0.3 is 15.7 Å². The van der Waals surface area contributed by atoms with E-state index in [1.165, 1.54) is 12.8 Å². The lowest BCUT2D eigenvalue weighted by Gasteiger charge is -2.28. The van der Waals surface area contributed by atoms with Crippen molar-refractivity contribution in [3.8, 4) is 0 Å². The van der Waals surface area contributed by atoms with Crippen LogP contribution in [0.25, 0.3) is 0 Å². The number of hydrogen-bond acceptors (Lipinski definition) is 3. The molecule has 3 N–H and O–H groups in total. The Balaban J connectivity index is 1.78. The SMILES string of the molecule is CC1CCCC(NC(=O)C2CC(O)CN2)C1. The molecule has 4 nitrogen and oxygen atoms in total. The van der Waals surface area contributed by atoms with E-state index >= 15 is 0 Å². The Labute approximate surface area is 96.8 Å². The number of rotatable bonds is 2. The Bertz CT molecular complexity index is 257. The van der Waals surface area contributed by atoms with Crippen LogP contribution in [0.15, 0.2) is 0 Å². The second-order valence-corrected chi connectivity index (χ2v) is 5.33. The number of carbonyl (C=O) groups excluding carboxylic acids is 1. The highest BCUT2D eigenvalue weighted by Crippen LogP contribution is 2.23. The van der Waals surface area contributed by atoms with E-state index in [4.69, 9.17) is 0 Å². The molecule has 1 saturated carbocycles.